The fourth-order valence-corrected chi connectivity index (χ4v) is 2.52. The number of hydrogen-bond donors (Lipinski definition) is 2. The van der Waals surface area contributed by atoms with Crippen molar-refractivity contribution in [3.05, 3.63) is 23.9 Å². The van der Waals surface area contributed by atoms with E-state index in [1.54, 1.807) is 0 Å². The third-order valence-electron chi connectivity index (χ3n) is 3.39. The van der Waals surface area contributed by atoms with Crippen molar-refractivity contribution in [2.75, 3.05) is 11.4 Å². The van der Waals surface area contributed by atoms with Gasteiger partial charge in [0.25, 0.3) is 0 Å². The fourth-order valence-electron chi connectivity index (χ4n) is 2.52. The Hall–Kier alpha value is -1.62. The Balaban J connectivity index is 2.23. The van der Waals surface area contributed by atoms with Crippen LogP contribution in [0.15, 0.2) is 18.2 Å². The molecule has 0 aliphatic heterocycles. The van der Waals surface area contributed by atoms with Gasteiger partial charge in [0.15, 0.2) is 0 Å². The molecule has 0 aromatic carbocycles. The maximum Gasteiger partial charge on any atom is 0.237 e. The van der Waals surface area contributed by atoms with E-state index in [2.05, 4.69) is 4.98 Å². The van der Waals surface area contributed by atoms with E-state index in [9.17, 15) is 4.79 Å². The summed E-state index contributed by atoms with van der Waals surface area (Å²) in [6.07, 6.45) is 4.61. The van der Waals surface area contributed by atoms with Crippen molar-refractivity contribution in [1.82, 2.24) is 4.98 Å². The molecule has 0 radical (unpaired) electrons. The standard InChI is InChI=1S/C13H20N4O/c14-8-10-4-3-7-13(16-10)17(9-12(15)18)11-5-1-2-6-11/h3-4,7,11H,1-2,5-6,8-9,14H2,(H2,15,18). The molecule has 4 N–H and O–H groups in total. The van der Waals surface area contributed by atoms with E-state index in [1.807, 2.05) is 23.1 Å². The van der Waals surface area contributed by atoms with Gasteiger partial charge < -0.3 is 16.4 Å². The molecular weight excluding hydrogens is 228 g/mol. The predicted octanol–water partition coefficient (Wildman–Crippen LogP) is 0.775. The molecule has 1 heterocycles. The van der Waals surface area contributed by atoms with Crippen LogP contribution in [-0.2, 0) is 11.3 Å². The summed E-state index contributed by atoms with van der Waals surface area (Å²) in [6.45, 7) is 0.634. The fraction of sp³-hybridized carbons (Fsp3) is 0.538. The molecule has 1 saturated carbocycles. The van der Waals surface area contributed by atoms with Crippen molar-refractivity contribution in [2.24, 2.45) is 11.5 Å². The molecule has 1 aromatic heterocycles. The van der Waals surface area contributed by atoms with Gasteiger partial charge in [0.1, 0.15) is 5.82 Å². The number of anilines is 1. The summed E-state index contributed by atoms with van der Waals surface area (Å²) >= 11 is 0. The highest BCUT2D eigenvalue weighted by atomic mass is 16.1. The number of hydrogen-bond acceptors (Lipinski definition) is 4. The third kappa shape index (κ3) is 2.98. The molecule has 5 heteroatoms. The summed E-state index contributed by atoms with van der Waals surface area (Å²) in [5, 5.41) is 0. The summed E-state index contributed by atoms with van der Waals surface area (Å²) in [7, 11) is 0. The second kappa shape index (κ2) is 5.82. The summed E-state index contributed by atoms with van der Waals surface area (Å²) in [5.41, 5.74) is 11.8. The molecule has 18 heavy (non-hydrogen) atoms. The van der Waals surface area contributed by atoms with Crippen LogP contribution in [0, 0.1) is 0 Å². The molecule has 1 amide bonds. The molecule has 98 valence electrons. The van der Waals surface area contributed by atoms with Crippen LogP contribution in [0.3, 0.4) is 0 Å². The highest BCUT2D eigenvalue weighted by Gasteiger charge is 2.24. The quantitative estimate of drug-likeness (QED) is 0.806. The van der Waals surface area contributed by atoms with Crippen LogP contribution in [0.5, 0.6) is 0 Å². The summed E-state index contributed by atoms with van der Waals surface area (Å²) in [4.78, 5) is 17.7. The Bertz CT molecular complexity index is 415. The van der Waals surface area contributed by atoms with Crippen molar-refractivity contribution in [1.29, 1.82) is 0 Å². The van der Waals surface area contributed by atoms with Gasteiger partial charge in [-0.15, -0.1) is 0 Å². The first-order chi connectivity index (χ1) is 8.70. The Morgan fingerprint density at radius 3 is 2.72 bits per heavy atom. The van der Waals surface area contributed by atoms with E-state index in [1.165, 1.54) is 12.8 Å². The molecule has 0 spiro atoms. The van der Waals surface area contributed by atoms with Crippen LogP contribution >= 0.6 is 0 Å². The minimum absolute atomic E-state index is 0.228. The smallest absolute Gasteiger partial charge is 0.237 e. The molecule has 0 saturated heterocycles. The molecule has 0 atom stereocenters. The number of carbonyl (C=O) groups is 1. The number of primary amides is 1. The third-order valence-corrected chi connectivity index (χ3v) is 3.39. The molecule has 0 bridgehead atoms. The maximum atomic E-state index is 11.2. The zero-order chi connectivity index (χ0) is 13.0. The van der Waals surface area contributed by atoms with Crippen molar-refractivity contribution in [3.8, 4) is 0 Å². The first kappa shape index (κ1) is 12.8. The van der Waals surface area contributed by atoms with Gasteiger partial charge >= 0.3 is 0 Å². The number of rotatable bonds is 5. The van der Waals surface area contributed by atoms with Crippen molar-refractivity contribution in [3.63, 3.8) is 0 Å². The van der Waals surface area contributed by atoms with Gasteiger partial charge in [0.2, 0.25) is 5.91 Å². The summed E-state index contributed by atoms with van der Waals surface area (Å²) in [5.74, 6) is 0.491. The number of nitrogens with two attached hydrogens (primary N) is 2. The Kier molecular flexibility index (Phi) is 4.15. The lowest BCUT2D eigenvalue weighted by atomic mass is 10.2. The predicted molar refractivity (Wildman–Crippen MR) is 70.9 cm³/mol. The minimum Gasteiger partial charge on any atom is -0.368 e. The minimum atomic E-state index is -0.318. The first-order valence-corrected chi connectivity index (χ1v) is 6.41. The van der Waals surface area contributed by atoms with Gasteiger partial charge in [-0.2, -0.15) is 0 Å². The van der Waals surface area contributed by atoms with Gasteiger partial charge in [-0.3, -0.25) is 4.79 Å². The molecular formula is C13H20N4O. The summed E-state index contributed by atoms with van der Waals surface area (Å²) < 4.78 is 0. The number of carbonyl (C=O) groups excluding carboxylic acids is 1. The van der Waals surface area contributed by atoms with E-state index in [4.69, 9.17) is 11.5 Å². The molecule has 1 fully saturated rings. The molecule has 2 rings (SSSR count). The van der Waals surface area contributed by atoms with Gasteiger partial charge in [-0.25, -0.2) is 4.98 Å². The van der Waals surface area contributed by atoms with Crippen LogP contribution in [0.4, 0.5) is 5.82 Å². The SMILES string of the molecule is NCc1cccc(N(CC(N)=O)C2CCCC2)n1. The van der Waals surface area contributed by atoms with Crippen LogP contribution < -0.4 is 16.4 Å². The van der Waals surface area contributed by atoms with E-state index in [0.29, 0.717) is 12.6 Å². The van der Waals surface area contributed by atoms with Crippen LogP contribution in [0.1, 0.15) is 31.4 Å². The van der Waals surface area contributed by atoms with Crippen molar-refractivity contribution < 1.29 is 4.79 Å². The average molecular weight is 248 g/mol. The number of pyridine rings is 1. The van der Waals surface area contributed by atoms with Gasteiger partial charge in [-0.1, -0.05) is 18.9 Å². The highest BCUT2D eigenvalue weighted by Crippen LogP contribution is 2.27. The Morgan fingerprint density at radius 2 is 2.11 bits per heavy atom. The molecule has 5 nitrogen and oxygen atoms in total. The van der Waals surface area contributed by atoms with Crippen LogP contribution in [0.25, 0.3) is 0 Å². The Morgan fingerprint density at radius 1 is 1.39 bits per heavy atom. The molecule has 0 unspecified atom stereocenters. The second-order valence-corrected chi connectivity index (χ2v) is 4.72. The van der Waals surface area contributed by atoms with Gasteiger partial charge in [0.05, 0.1) is 12.2 Å². The maximum absolute atomic E-state index is 11.2. The topological polar surface area (TPSA) is 85.2 Å². The zero-order valence-corrected chi connectivity index (χ0v) is 10.5. The Labute approximate surface area is 107 Å². The average Bonchev–Trinajstić information content (AvgIpc) is 2.89. The number of aromatic nitrogens is 1. The van der Waals surface area contributed by atoms with Crippen LogP contribution in [0.2, 0.25) is 0 Å². The normalized spacial score (nSPS) is 15.8. The van der Waals surface area contributed by atoms with Crippen molar-refractivity contribution in [2.45, 2.75) is 38.3 Å². The lowest BCUT2D eigenvalue weighted by Gasteiger charge is -2.29. The molecule has 1 aromatic rings. The highest BCUT2D eigenvalue weighted by molar-refractivity contribution is 5.79. The summed E-state index contributed by atoms with van der Waals surface area (Å²) in [6, 6.07) is 6.10. The molecule has 1 aliphatic rings. The second-order valence-electron chi connectivity index (χ2n) is 4.72. The van der Waals surface area contributed by atoms with Gasteiger partial charge in [-0.05, 0) is 25.0 Å². The van der Waals surface area contributed by atoms with E-state index < -0.39 is 0 Å². The monoisotopic (exact) mass is 248 g/mol. The number of nitrogens with zero attached hydrogens (tertiary/aromatic N) is 2. The lowest BCUT2D eigenvalue weighted by Crippen LogP contribution is -2.40. The van der Waals surface area contributed by atoms with Gasteiger partial charge in [0, 0.05) is 12.6 Å². The number of amides is 1. The zero-order valence-electron chi connectivity index (χ0n) is 10.5. The lowest BCUT2D eigenvalue weighted by molar-refractivity contribution is -0.116. The van der Waals surface area contributed by atoms with Crippen molar-refractivity contribution >= 4 is 11.7 Å². The van der Waals surface area contributed by atoms with E-state index in [0.717, 1.165) is 24.4 Å². The van der Waals surface area contributed by atoms with E-state index in [-0.39, 0.29) is 12.5 Å². The molecule has 1 aliphatic carbocycles. The largest absolute Gasteiger partial charge is 0.368 e. The first-order valence-electron chi connectivity index (χ1n) is 6.41. The van der Waals surface area contributed by atoms with E-state index >= 15 is 0 Å². The van der Waals surface area contributed by atoms with Crippen LogP contribution in [-0.4, -0.2) is 23.5 Å².